The molecule has 10 heteroatoms. The van der Waals surface area contributed by atoms with Crippen molar-refractivity contribution in [3.63, 3.8) is 0 Å². The fraction of sp³-hybridized carbons (Fsp3) is 0.143. The highest BCUT2D eigenvalue weighted by Gasteiger charge is 2.20. The monoisotopic (exact) mass is 561 g/mol. The van der Waals surface area contributed by atoms with Gasteiger partial charge >= 0.3 is 5.97 Å². The number of benzene rings is 2. The number of carbonyl (C=O) groups is 2. The maximum Gasteiger partial charge on any atom is 0.341 e. The summed E-state index contributed by atoms with van der Waals surface area (Å²) in [5.74, 6) is -0.811. The van der Waals surface area contributed by atoms with Gasteiger partial charge in [0.2, 0.25) is 5.91 Å². The number of thioether (sulfide) groups is 1. The van der Waals surface area contributed by atoms with E-state index in [0.29, 0.717) is 25.9 Å². The van der Waals surface area contributed by atoms with Gasteiger partial charge in [-0.15, -0.1) is 22.7 Å². The van der Waals surface area contributed by atoms with Crippen molar-refractivity contribution in [1.82, 2.24) is 9.97 Å². The van der Waals surface area contributed by atoms with E-state index in [4.69, 9.17) is 4.74 Å². The van der Waals surface area contributed by atoms with Crippen molar-refractivity contribution in [2.45, 2.75) is 19.0 Å². The summed E-state index contributed by atoms with van der Waals surface area (Å²) in [4.78, 5) is 47.1. The highest BCUT2D eigenvalue weighted by Crippen LogP contribution is 2.36. The van der Waals surface area contributed by atoms with Crippen LogP contribution in [0, 0.1) is 6.92 Å². The highest BCUT2D eigenvalue weighted by molar-refractivity contribution is 7.99. The first-order chi connectivity index (χ1) is 18.4. The average Bonchev–Trinajstić information content (AvgIpc) is 3.54. The minimum Gasteiger partial charge on any atom is -0.462 e. The number of esters is 1. The molecule has 0 spiro atoms. The van der Waals surface area contributed by atoms with E-state index in [9.17, 15) is 14.4 Å². The van der Waals surface area contributed by atoms with Crippen LogP contribution in [0.4, 0.5) is 5.00 Å². The van der Waals surface area contributed by atoms with Crippen LogP contribution in [0.25, 0.3) is 31.8 Å². The number of aromatic nitrogens is 2. The summed E-state index contributed by atoms with van der Waals surface area (Å²) in [7, 11) is 0. The quantitative estimate of drug-likeness (QED) is 0.126. The third-order valence-electron chi connectivity index (χ3n) is 5.66. The average molecular weight is 562 g/mol. The molecule has 0 fully saturated rings. The Morgan fingerprint density at radius 2 is 1.84 bits per heavy atom. The normalized spacial score (nSPS) is 11.0. The molecule has 0 saturated heterocycles. The molecule has 2 aromatic carbocycles. The first-order valence-electron chi connectivity index (χ1n) is 11.8. The number of hydrogen-bond acceptors (Lipinski definition) is 8. The number of amides is 1. The highest BCUT2D eigenvalue weighted by atomic mass is 32.2. The molecular weight excluding hydrogens is 539 g/mol. The summed E-state index contributed by atoms with van der Waals surface area (Å²) in [6.45, 7) is 3.98. The lowest BCUT2D eigenvalue weighted by Crippen LogP contribution is -2.17. The number of fused-ring (bicyclic) bond motifs is 1. The number of nitrogens with zero attached hydrogens (tertiary/aromatic N) is 1. The molecule has 192 valence electrons. The molecule has 1 amide bonds. The molecule has 7 nitrogen and oxygen atoms in total. The van der Waals surface area contributed by atoms with Crippen LogP contribution >= 0.6 is 34.4 Å². The topological polar surface area (TPSA) is 101 Å². The van der Waals surface area contributed by atoms with Crippen molar-refractivity contribution >= 4 is 61.5 Å². The zero-order valence-corrected chi connectivity index (χ0v) is 23.0. The van der Waals surface area contributed by atoms with E-state index in [1.54, 1.807) is 13.0 Å². The molecule has 0 atom stereocenters. The Morgan fingerprint density at radius 1 is 1.08 bits per heavy atom. The maximum atomic E-state index is 12.9. The van der Waals surface area contributed by atoms with Crippen molar-refractivity contribution in [2.24, 2.45) is 0 Å². The van der Waals surface area contributed by atoms with Crippen LogP contribution < -0.4 is 10.9 Å². The number of nitrogens with one attached hydrogen (secondary N) is 2. The minimum absolute atomic E-state index is 0.00543. The van der Waals surface area contributed by atoms with Crippen LogP contribution in [0.15, 0.2) is 76.0 Å². The second-order valence-electron chi connectivity index (χ2n) is 8.34. The van der Waals surface area contributed by atoms with Crippen LogP contribution in [0.5, 0.6) is 0 Å². The van der Waals surface area contributed by atoms with E-state index in [2.05, 4.69) is 15.3 Å². The van der Waals surface area contributed by atoms with Crippen LogP contribution in [-0.2, 0) is 9.53 Å². The Labute approximate surface area is 230 Å². The predicted molar refractivity (Wildman–Crippen MR) is 155 cm³/mol. The predicted octanol–water partition coefficient (Wildman–Crippen LogP) is 6.60. The Balaban J connectivity index is 1.33. The summed E-state index contributed by atoms with van der Waals surface area (Å²) in [6, 6.07) is 19.3. The van der Waals surface area contributed by atoms with Crippen LogP contribution in [0.2, 0.25) is 0 Å². The Morgan fingerprint density at radius 3 is 2.58 bits per heavy atom. The number of carbonyl (C=O) groups excluding carboxylic acids is 2. The number of thiophene rings is 2. The van der Waals surface area contributed by atoms with Gasteiger partial charge in [-0.3, -0.25) is 9.59 Å². The number of anilines is 1. The van der Waals surface area contributed by atoms with Gasteiger partial charge in [0, 0.05) is 15.8 Å². The standard InChI is InChI=1S/C28H23N3O4S3/c1-3-35-27(34)19-13-21(18-7-5-4-6-8-18)38-25(19)29-22(32)15-37-28-30-24(33)23-20(14-36-26(23)31-28)17-11-9-16(2)10-12-17/h4-14H,3,15H2,1-2H3,(H,29,32)(H,30,31,33). The van der Waals surface area contributed by atoms with Crippen molar-refractivity contribution in [3.8, 4) is 21.6 Å². The van der Waals surface area contributed by atoms with E-state index in [1.807, 2.05) is 66.9 Å². The van der Waals surface area contributed by atoms with Gasteiger partial charge in [-0.1, -0.05) is 71.9 Å². The molecule has 5 aromatic rings. The van der Waals surface area contributed by atoms with Crippen LogP contribution in [-0.4, -0.2) is 34.2 Å². The van der Waals surface area contributed by atoms with Crippen molar-refractivity contribution < 1.29 is 14.3 Å². The molecule has 2 N–H and O–H groups in total. The van der Waals surface area contributed by atoms with E-state index in [0.717, 1.165) is 38.9 Å². The Hall–Kier alpha value is -3.73. The third-order valence-corrected chi connectivity index (χ3v) is 8.51. The molecular formula is C28H23N3O4S3. The van der Waals surface area contributed by atoms with Crippen LogP contribution in [0.1, 0.15) is 22.8 Å². The first-order valence-corrected chi connectivity index (χ1v) is 14.5. The summed E-state index contributed by atoms with van der Waals surface area (Å²) in [5.41, 5.74) is 3.94. The van der Waals surface area contributed by atoms with E-state index < -0.39 is 5.97 Å². The summed E-state index contributed by atoms with van der Waals surface area (Å²) in [5, 5.41) is 6.08. The number of H-pyrrole nitrogens is 1. The smallest absolute Gasteiger partial charge is 0.341 e. The molecule has 0 aliphatic rings. The zero-order chi connectivity index (χ0) is 26.6. The molecule has 0 radical (unpaired) electrons. The molecule has 0 aliphatic heterocycles. The lowest BCUT2D eigenvalue weighted by molar-refractivity contribution is -0.113. The summed E-state index contributed by atoms with van der Waals surface area (Å²) >= 11 is 3.83. The lowest BCUT2D eigenvalue weighted by Gasteiger charge is -2.06. The van der Waals surface area contributed by atoms with Gasteiger partial charge in [0.15, 0.2) is 5.16 Å². The molecule has 0 unspecified atom stereocenters. The summed E-state index contributed by atoms with van der Waals surface area (Å²) in [6.07, 6.45) is 0. The number of ether oxygens (including phenoxy) is 1. The molecule has 38 heavy (non-hydrogen) atoms. The van der Waals surface area contributed by atoms with Crippen molar-refractivity contribution in [1.29, 1.82) is 0 Å². The molecule has 5 rings (SSSR count). The Bertz CT molecular complexity index is 1670. The van der Waals surface area contributed by atoms with E-state index in [1.165, 1.54) is 22.7 Å². The lowest BCUT2D eigenvalue weighted by atomic mass is 10.1. The number of aromatic amines is 1. The fourth-order valence-corrected chi connectivity index (χ4v) is 6.56. The molecule has 0 aliphatic carbocycles. The van der Waals surface area contributed by atoms with Gasteiger partial charge in [-0.2, -0.15) is 0 Å². The Kier molecular flexibility index (Phi) is 7.73. The van der Waals surface area contributed by atoms with Crippen molar-refractivity contribution in [2.75, 3.05) is 17.7 Å². The van der Waals surface area contributed by atoms with Gasteiger partial charge in [-0.05, 0) is 31.0 Å². The van der Waals surface area contributed by atoms with E-state index >= 15 is 0 Å². The minimum atomic E-state index is -0.493. The van der Waals surface area contributed by atoms with Gasteiger partial charge < -0.3 is 15.0 Å². The summed E-state index contributed by atoms with van der Waals surface area (Å²) < 4.78 is 5.19. The first kappa shape index (κ1) is 25.9. The molecule has 0 bridgehead atoms. The number of hydrogen-bond donors (Lipinski definition) is 2. The van der Waals surface area contributed by atoms with Gasteiger partial charge in [0.05, 0.1) is 23.3 Å². The second-order valence-corrected chi connectivity index (χ2v) is 11.2. The maximum absolute atomic E-state index is 12.9. The van der Waals surface area contributed by atoms with Gasteiger partial charge in [-0.25, -0.2) is 9.78 Å². The van der Waals surface area contributed by atoms with E-state index in [-0.39, 0.29) is 23.8 Å². The second kappa shape index (κ2) is 11.3. The largest absolute Gasteiger partial charge is 0.462 e. The zero-order valence-electron chi connectivity index (χ0n) is 20.6. The fourth-order valence-electron chi connectivity index (χ4n) is 3.83. The van der Waals surface area contributed by atoms with Crippen molar-refractivity contribution in [3.05, 3.63) is 87.5 Å². The number of rotatable bonds is 8. The third kappa shape index (κ3) is 5.57. The van der Waals surface area contributed by atoms with Gasteiger partial charge in [0.1, 0.15) is 9.83 Å². The molecule has 0 saturated carbocycles. The van der Waals surface area contributed by atoms with Crippen LogP contribution in [0.3, 0.4) is 0 Å². The molecule has 3 aromatic heterocycles. The van der Waals surface area contributed by atoms with Gasteiger partial charge in [0.25, 0.3) is 5.56 Å². The molecule has 3 heterocycles. The SMILES string of the molecule is CCOC(=O)c1cc(-c2ccccc2)sc1NC(=O)CSc1nc2scc(-c3ccc(C)cc3)c2c(=O)[nH]1. The number of aryl methyl sites for hydroxylation is 1.